The number of esters is 3. The van der Waals surface area contributed by atoms with Crippen molar-refractivity contribution in [3.05, 3.63) is 35.2 Å². The number of fused-ring (bicyclic) bond motifs is 3. The Morgan fingerprint density at radius 1 is 0.964 bits per heavy atom. The third kappa shape index (κ3) is 3.11. The van der Waals surface area contributed by atoms with E-state index in [1.165, 1.54) is 33.5 Å². The summed E-state index contributed by atoms with van der Waals surface area (Å²) in [5.41, 5.74) is 0.933. The van der Waals surface area contributed by atoms with Crippen LogP contribution in [0.4, 0.5) is 0 Å². The minimum atomic E-state index is -0.673. The second-order valence-electron chi connectivity index (χ2n) is 5.71. The van der Waals surface area contributed by atoms with Crippen molar-refractivity contribution in [2.75, 3.05) is 27.9 Å². The van der Waals surface area contributed by atoms with E-state index >= 15 is 0 Å². The Balaban J connectivity index is 2.42. The molecule has 0 spiro atoms. The van der Waals surface area contributed by atoms with Gasteiger partial charge in [0.25, 0.3) is 0 Å². The molecule has 9 nitrogen and oxygen atoms in total. The fraction of sp³-hybridized carbons (Fsp3) is 0.263. The van der Waals surface area contributed by atoms with Gasteiger partial charge in [-0.25, -0.2) is 19.4 Å². The molecule has 146 valence electrons. The quantitative estimate of drug-likeness (QED) is 0.525. The maximum Gasteiger partial charge on any atom is 0.356 e. The largest absolute Gasteiger partial charge is 0.496 e. The summed E-state index contributed by atoms with van der Waals surface area (Å²) in [5, 5.41) is 0.935. The van der Waals surface area contributed by atoms with E-state index in [4.69, 9.17) is 18.9 Å². The summed E-state index contributed by atoms with van der Waals surface area (Å²) in [7, 11) is 3.92. The molecule has 9 heteroatoms. The van der Waals surface area contributed by atoms with Crippen LogP contribution in [-0.2, 0) is 14.2 Å². The SMILES string of the molecule is CCOC(=O)c1cc2c(OC)cc3c(C(=O)OC)cc(C(=O)OC)[nH]c3c2n1. The van der Waals surface area contributed by atoms with Gasteiger partial charge in [0.2, 0.25) is 0 Å². The number of nitrogens with one attached hydrogen (secondary N) is 1. The molecule has 0 fully saturated rings. The van der Waals surface area contributed by atoms with E-state index in [-0.39, 0.29) is 23.6 Å². The van der Waals surface area contributed by atoms with Gasteiger partial charge in [0.05, 0.1) is 44.5 Å². The van der Waals surface area contributed by atoms with Crippen LogP contribution in [0.1, 0.15) is 38.3 Å². The van der Waals surface area contributed by atoms with Crippen molar-refractivity contribution in [3.8, 4) is 5.75 Å². The molecule has 0 atom stereocenters. The van der Waals surface area contributed by atoms with E-state index in [2.05, 4.69) is 9.97 Å². The highest BCUT2D eigenvalue weighted by Crippen LogP contribution is 2.35. The number of hydrogen-bond donors (Lipinski definition) is 1. The molecule has 0 aliphatic carbocycles. The van der Waals surface area contributed by atoms with Crippen molar-refractivity contribution >= 4 is 39.7 Å². The zero-order chi connectivity index (χ0) is 20.4. The minimum Gasteiger partial charge on any atom is -0.496 e. The third-order valence-corrected chi connectivity index (χ3v) is 4.17. The maximum atomic E-state index is 12.3. The Bertz CT molecular complexity index is 1100. The lowest BCUT2D eigenvalue weighted by Gasteiger charge is -2.11. The molecule has 1 aromatic carbocycles. The van der Waals surface area contributed by atoms with Crippen molar-refractivity contribution < 1.29 is 33.3 Å². The van der Waals surface area contributed by atoms with Gasteiger partial charge in [0.1, 0.15) is 17.1 Å². The number of carbonyl (C=O) groups is 3. The van der Waals surface area contributed by atoms with Gasteiger partial charge in [-0.1, -0.05) is 0 Å². The molecule has 0 aliphatic heterocycles. The van der Waals surface area contributed by atoms with Gasteiger partial charge in [0, 0.05) is 10.8 Å². The van der Waals surface area contributed by atoms with Crippen molar-refractivity contribution in [2.45, 2.75) is 6.92 Å². The summed E-state index contributed by atoms with van der Waals surface area (Å²) in [6, 6.07) is 4.47. The van der Waals surface area contributed by atoms with E-state index in [0.717, 1.165) is 0 Å². The van der Waals surface area contributed by atoms with Gasteiger partial charge in [-0.05, 0) is 25.1 Å². The smallest absolute Gasteiger partial charge is 0.356 e. The van der Waals surface area contributed by atoms with Gasteiger partial charge in [0.15, 0.2) is 0 Å². The minimum absolute atomic E-state index is 0.0301. The van der Waals surface area contributed by atoms with Crippen LogP contribution in [0.25, 0.3) is 21.8 Å². The van der Waals surface area contributed by atoms with E-state index < -0.39 is 17.9 Å². The van der Waals surface area contributed by atoms with Crippen LogP contribution in [-0.4, -0.2) is 55.8 Å². The Kier molecular flexibility index (Phi) is 5.16. The monoisotopic (exact) mass is 386 g/mol. The number of aromatic nitrogens is 2. The first-order chi connectivity index (χ1) is 13.4. The predicted molar refractivity (Wildman–Crippen MR) is 98.8 cm³/mol. The lowest BCUT2D eigenvalue weighted by atomic mass is 10.0. The Hall–Kier alpha value is -3.62. The van der Waals surface area contributed by atoms with Crippen molar-refractivity contribution in [3.63, 3.8) is 0 Å². The molecule has 2 heterocycles. The summed E-state index contributed by atoms with van der Waals surface area (Å²) in [6.45, 7) is 1.89. The number of carbonyl (C=O) groups excluding carboxylic acids is 3. The molecule has 0 aliphatic rings. The average molecular weight is 386 g/mol. The third-order valence-electron chi connectivity index (χ3n) is 4.17. The molecule has 0 unspecified atom stereocenters. The highest BCUT2D eigenvalue weighted by molar-refractivity contribution is 6.15. The standard InChI is InChI=1S/C19H18N2O7/c1-5-28-19(24)13-7-11-14(25-2)8-9-10(17(22)26-3)6-12(18(23)27-4)20-15(9)16(11)21-13/h6-8,20H,5H2,1-4H3. The van der Waals surface area contributed by atoms with Gasteiger partial charge >= 0.3 is 17.9 Å². The molecule has 3 aromatic rings. The van der Waals surface area contributed by atoms with Gasteiger partial charge < -0.3 is 23.9 Å². The maximum absolute atomic E-state index is 12.3. The van der Waals surface area contributed by atoms with Gasteiger partial charge in [-0.2, -0.15) is 0 Å². The van der Waals surface area contributed by atoms with Gasteiger partial charge in [-0.15, -0.1) is 0 Å². The normalized spacial score (nSPS) is 10.7. The zero-order valence-corrected chi connectivity index (χ0v) is 15.7. The average Bonchev–Trinajstić information content (AvgIpc) is 3.17. The fourth-order valence-corrected chi connectivity index (χ4v) is 2.91. The predicted octanol–water partition coefficient (Wildman–Crippen LogP) is 2.47. The van der Waals surface area contributed by atoms with Crippen molar-refractivity contribution in [1.29, 1.82) is 0 Å². The van der Waals surface area contributed by atoms with Crippen molar-refractivity contribution in [2.24, 2.45) is 0 Å². The highest BCUT2D eigenvalue weighted by atomic mass is 16.5. The summed E-state index contributed by atoms with van der Waals surface area (Å²) >= 11 is 0. The fourth-order valence-electron chi connectivity index (χ4n) is 2.91. The van der Waals surface area contributed by atoms with Crippen LogP contribution in [0, 0.1) is 0 Å². The van der Waals surface area contributed by atoms with Crippen LogP contribution in [0.2, 0.25) is 0 Å². The van der Waals surface area contributed by atoms with E-state index in [9.17, 15) is 14.4 Å². The highest BCUT2D eigenvalue weighted by Gasteiger charge is 2.23. The number of nitrogens with zero attached hydrogens (tertiary/aromatic N) is 1. The lowest BCUT2D eigenvalue weighted by Crippen LogP contribution is -2.10. The molecular weight excluding hydrogens is 368 g/mol. The van der Waals surface area contributed by atoms with Crippen LogP contribution < -0.4 is 4.74 Å². The van der Waals surface area contributed by atoms with E-state index in [1.807, 2.05) is 0 Å². The first-order valence-electron chi connectivity index (χ1n) is 8.33. The molecule has 0 saturated heterocycles. The second kappa shape index (κ2) is 7.55. The molecule has 0 amide bonds. The number of H-pyrrole nitrogens is 1. The molecule has 28 heavy (non-hydrogen) atoms. The van der Waals surface area contributed by atoms with Crippen LogP contribution in [0.15, 0.2) is 18.2 Å². The zero-order valence-electron chi connectivity index (χ0n) is 15.7. The molecule has 0 radical (unpaired) electrons. The number of aromatic amines is 1. The summed E-state index contributed by atoms with van der Waals surface area (Å²) in [4.78, 5) is 43.7. The topological polar surface area (TPSA) is 117 Å². The number of hydrogen-bond acceptors (Lipinski definition) is 8. The number of ether oxygens (including phenoxy) is 4. The summed E-state index contributed by atoms with van der Waals surface area (Å²) in [5.74, 6) is -1.52. The van der Waals surface area contributed by atoms with Crippen molar-refractivity contribution in [1.82, 2.24) is 9.97 Å². The number of rotatable bonds is 5. The summed E-state index contributed by atoms with van der Waals surface area (Å²) in [6.07, 6.45) is 0. The number of methoxy groups -OCH3 is 3. The molecular formula is C19H18N2O7. The van der Waals surface area contributed by atoms with Crippen LogP contribution >= 0.6 is 0 Å². The first kappa shape index (κ1) is 19.2. The first-order valence-corrected chi connectivity index (χ1v) is 8.33. The molecule has 2 aromatic heterocycles. The number of pyridine rings is 1. The number of benzene rings is 1. The Labute approximate surface area is 159 Å². The molecule has 1 N–H and O–H groups in total. The Morgan fingerprint density at radius 3 is 2.29 bits per heavy atom. The Morgan fingerprint density at radius 2 is 1.68 bits per heavy atom. The van der Waals surface area contributed by atoms with Crippen LogP contribution in [0.3, 0.4) is 0 Å². The molecule has 3 rings (SSSR count). The second-order valence-corrected chi connectivity index (χ2v) is 5.71. The summed E-state index contributed by atoms with van der Waals surface area (Å²) < 4.78 is 20.0. The molecule has 0 saturated carbocycles. The lowest BCUT2D eigenvalue weighted by molar-refractivity contribution is 0.0518. The van der Waals surface area contributed by atoms with Gasteiger partial charge in [-0.3, -0.25) is 0 Å². The molecule has 0 bridgehead atoms. The van der Waals surface area contributed by atoms with E-state index in [0.29, 0.717) is 27.6 Å². The van der Waals surface area contributed by atoms with E-state index in [1.54, 1.807) is 13.0 Å². The van der Waals surface area contributed by atoms with Crippen LogP contribution in [0.5, 0.6) is 5.75 Å².